The van der Waals surface area contributed by atoms with Crippen LogP contribution >= 0.6 is 12.6 Å². The molecule has 0 aromatic heterocycles. The Bertz CT molecular complexity index is 579. The Labute approximate surface area is 156 Å². The number of thiol groups is 1. The lowest BCUT2D eigenvalue weighted by Gasteiger charge is -2.24. The highest BCUT2D eigenvalue weighted by molar-refractivity contribution is 7.96. The number of anilines is 1. The number of nitrogens with one attached hydrogen (secondary N) is 1. The number of aryl methyl sites for hydroxylation is 1. The molecule has 0 aliphatic heterocycles. The fourth-order valence-electron chi connectivity index (χ4n) is 2.21. The number of alkyl carbamates (subject to hydrolysis) is 1. The first-order valence-corrected chi connectivity index (χ1v) is 8.98. The van der Waals surface area contributed by atoms with Crippen molar-refractivity contribution in [3.8, 4) is 0 Å². The van der Waals surface area contributed by atoms with Crippen molar-refractivity contribution < 1.29 is 14.3 Å². The first kappa shape index (κ1) is 21.4. The van der Waals surface area contributed by atoms with Gasteiger partial charge in [-0.1, -0.05) is 12.1 Å². The Hall–Kier alpha value is -1.69. The summed E-state index contributed by atoms with van der Waals surface area (Å²) in [5.41, 5.74) is 1.64. The normalized spacial score (nSPS) is 12.6. The third kappa shape index (κ3) is 7.82. The highest BCUT2D eigenvalue weighted by atomic mass is 32.1. The largest absolute Gasteiger partial charge is 0.444 e. The standard InChI is InChI=1S/C19H30N2O3S/c1-13(2)21(6)15-10-7-14(8-11-15)9-12-16(17(22)25)20-18(23)24-19(3,4)5/h7-8,10-11,13,16H,9,12H2,1-6H3,(H,20,23)(H,22,25)/t16-/m1/s1. The van der Waals surface area contributed by atoms with Gasteiger partial charge in [0.05, 0.1) is 0 Å². The molecule has 0 fully saturated rings. The van der Waals surface area contributed by atoms with Crippen LogP contribution in [0.5, 0.6) is 0 Å². The number of carbonyl (C=O) groups is 2. The van der Waals surface area contributed by atoms with Crippen molar-refractivity contribution in [2.24, 2.45) is 0 Å². The van der Waals surface area contributed by atoms with E-state index in [1.165, 1.54) is 0 Å². The van der Waals surface area contributed by atoms with Crippen LogP contribution < -0.4 is 10.2 Å². The summed E-state index contributed by atoms with van der Waals surface area (Å²) in [6, 6.07) is 7.97. The van der Waals surface area contributed by atoms with Crippen molar-refractivity contribution in [1.82, 2.24) is 5.32 Å². The molecule has 1 rings (SSSR count). The van der Waals surface area contributed by atoms with E-state index in [4.69, 9.17) is 4.74 Å². The van der Waals surface area contributed by atoms with Crippen LogP contribution in [0.3, 0.4) is 0 Å². The maximum Gasteiger partial charge on any atom is 0.408 e. The van der Waals surface area contributed by atoms with Gasteiger partial charge in [-0.3, -0.25) is 4.79 Å². The molecule has 25 heavy (non-hydrogen) atoms. The summed E-state index contributed by atoms with van der Waals surface area (Å²) < 4.78 is 5.19. The lowest BCUT2D eigenvalue weighted by molar-refractivity contribution is -0.112. The van der Waals surface area contributed by atoms with Gasteiger partial charge in [-0.2, -0.15) is 0 Å². The SMILES string of the molecule is CC(C)N(C)c1ccc(CC[C@@H](NC(=O)OC(C)(C)C)C(=O)S)cc1. The average Bonchev–Trinajstić information content (AvgIpc) is 2.49. The summed E-state index contributed by atoms with van der Waals surface area (Å²) in [5.74, 6) is 0. The zero-order valence-electron chi connectivity index (χ0n) is 16.0. The van der Waals surface area contributed by atoms with Crippen LogP contribution in [0.25, 0.3) is 0 Å². The van der Waals surface area contributed by atoms with Crippen LogP contribution in [0.1, 0.15) is 46.6 Å². The Balaban J connectivity index is 2.63. The van der Waals surface area contributed by atoms with E-state index in [-0.39, 0.29) is 5.12 Å². The second-order valence-corrected chi connectivity index (χ2v) is 7.89. The van der Waals surface area contributed by atoms with Crippen LogP contribution in [-0.4, -0.2) is 35.9 Å². The van der Waals surface area contributed by atoms with Crippen molar-refractivity contribution in [1.29, 1.82) is 0 Å². The molecule has 1 aromatic carbocycles. The lowest BCUT2D eigenvalue weighted by atomic mass is 10.1. The number of hydrogen-bond donors (Lipinski definition) is 2. The molecule has 0 aliphatic rings. The first-order valence-electron chi connectivity index (χ1n) is 8.53. The lowest BCUT2D eigenvalue weighted by Crippen LogP contribution is -2.42. The molecule has 1 amide bonds. The second-order valence-electron chi connectivity index (χ2n) is 7.45. The maximum atomic E-state index is 11.8. The molecule has 0 unspecified atom stereocenters. The number of hydrogen-bond acceptors (Lipinski definition) is 4. The van der Waals surface area contributed by atoms with Crippen molar-refractivity contribution in [3.05, 3.63) is 29.8 Å². The van der Waals surface area contributed by atoms with Gasteiger partial charge in [0, 0.05) is 18.8 Å². The highest BCUT2D eigenvalue weighted by Gasteiger charge is 2.22. The van der Waals surface area contributed by atoms with Crippen molar-refractivity contribution in [3.63, 3.8) is 0 Å². The molecule has 0 saturated carbocycles. The topological polar surface area (TPSA) is 58.6 Å². The predicted octanol–water partition coefficient (Wildman–Crippen LogP) is 3.81. The molecule has 0 spiro atoms. The predicted molar refractivity (Wildman–Crippen MR) is 105 cm³/mol. The van der Waals surface area contributed by atoms with Crippen LogP contribution in [0.2, 0.25) is 0 Å². The number of ether oxygens (including phenoxy) is 1. The third-order valence-corrected chi connectivity index (χ3v) is 4.14. The van der Waals surface area contributed by atoms with Crippen LogP contribution in [-0.2, 0) is 16.0 Å². The smallest absolute Gasteiger partial charge is 0.408 e. The van der Waals surface area contributed by atoms with Gasteiger partial charge in [-0.25, -0.2) is 4.79 Å². The highest BCUT2D eigenvalue weighted by Crippen LogP contribution is 2.17. The van der Waals surface area contributed by atoms with E-state index in [0.29, 0.717) is 18.9 Å². The van der Waals surface area contributed by atoms with Crippen LogP contribution in [0, 0.1) is 0 Å². The molecule has 0 bridgehead atoms. The third-order valence-electron chi connectivity index (χ3n) is 3.83. The van der Waals surface area contributed by atoms with Gasteiger partial charge in [0.15, 0.2) is 0 Å². The van der Waals surface area contributed by atoms with E-state index in [1.54, 1.807) is 20.8 Å². The average molecular weight is 367 g/mol. The first-order chi connectivity index (χ1) is 11.5. The van der Waals surface area contributed by atoms with E-state index < -0.39 is 17.7 Å². The Morgan fingerprint density at radius 2 is 1.76 bits per heavy atom. The van der Waals surface area contributed by atoms with Gasteiger partial charge in [-0.05, 0) is 65.2 Å². The Morgan fingerprint density at radius 1 is 1.20 bits per heavy atom. The molecular weight excluding hydrogens is 336 g/mol. The molecule has 1 aromatic rings. The maximum absolute atomic E-state index is 11.8. The van der Waals surface area contributed by atoms with Gasteiger partial charge in [0.25, 0.3) is 0 Å². The molecule has 1 N–H and O–H groups in total. The summed E-state index contributed by atoms with van der Waals surface area (Å²) in [5, 5.41) is 2.22. The number of amides is 1. The zero-order valence-corrected chi connectivity index (χ0v) is 16.9. The summed E-state index contributed by atoms with van der Waals surface area (Å²) in [6.07, 6.45) is 0.535. The van der Waals surface area contributed by atoms with E-state index in [2.05, 4.69) is 55.9 Å². The van der Waals surface area contributed by atoms with Crippen LogP contribution in [0.4, 0.5) is 10.5 Å². The summed E-state index contributed by atoms with van der Waals surface area (Å²) in [7, 11) is 2.06. The minimum atomic E-state index is -0.670. The minimum absolute atomic E-state index is 0.373. The summed E-state index contributed by atoms with van der Waals surface area (Å²) in [4.78, 5) is 25.7. The number of nitrogens with zero attached hydrogens (tertiary/aromatic N) is 1. The monoisotopic (exact) mass is 366 g/mol. The van der Waals surface area contributed by atoms with Crippen LogP contribution in [0.15, 0.2) is 24.3 Å². The quantitative estimate of drug-likeness (QED) is 0.721. The molecule has 0 aliphatic carbocycles. The molecule has 0 saturated heterocycles. The van der Waals surface area contributed by atoms with E-state index in [9.17, 15) is 9.59 Å². The van der Waals surface area contributed by atoms with Crippen molar-refractivity contribution in [2.45, 2.75) is 65.1 Å². The minimum Gasteiger partial charge on any atom is -0.444 e. The molecule has 0 heterocycles. The number of benzene rings is 1. The number of carbonyl (C=O) groups excluding carboxylic acids is 2. The summed E-state index contributed by atoms with van der Waals surface area (Å²) in [6.45, 7) is 9.61. The Kier molecular flexibility index (Phi) is 7.80. The number of rotatable bonds is 7. The molecular formula is C19H30N2O3S. The molecule has 5 nitrogen and oxygen atoms in total. The van der Waals surface area contributed by atoms with Gasteiger partial charge in [0.2, 0.25) is 5.12 Å². The van der Waals surface area contributed by atoms with Crippen molar-refractivity contribution in [2.75, 3.05) is 11.9 Å². The fraction of sp³-hybridized carbons (Fsp3) is 0.579. The summed E-state index contributed by atoms with van der Waals surface area (Å²) >= 11 is 3.88. The fourth-order valence-corrected chi connectivity index (χ4v) is 2.41. The second kappa shape index (κ2) is 9.13. The molecule has 1 atom stereocenters. The van der Waals surface area contributed by atoms with E-state index in [0.717, 1.165) is 11.3 Å². The van der Waals surface area contributed by atoms with E-state index >= 15 is 0 Å². The van der Waals surface area contributed by atoms with Gasteiger partial charge >= 0.3 is 6.09 Å². The molecule has 0 radical (unpaired) electrons. The van der Waals surface area contributed by atoms with Gasteiger partial charge < -0.3 is 15.0 Å². The zero-order chi connectivity index (χ0) is 19.2. The van der Waals surface area contributed by atoms with Crippen molar-refractivity contribution >= 4 is 29.5 Å². The molecule has 6 heteroatoms. The van der Waals surface area contributed by atoms with E-state index in [1.807, 2.05) is 12.1 Å². The van der Waals surface area contributed by atoms with Gasteiger partial charge in [0.1, 0.15) is 11.6 Å². The molecule has 140 valence electrons. The Morgan fingerprint density at radius 3 is 2.20 bits per heavy atom. The van der Waals surface area contributed by atoms with Gasteiger partial charge in [-0.15, -0.1) is 12.6 Å².